The lowest BCUT2D eigenvalue weighted by atomic mass is 9.88. The highest BCUT2D eigenvalue weighted by Crippen LogP contribution is 2.63. The van der Waals surface area contributed by atoms with Gasteiger partial charge in [-0.25, -0.2) is 8.78 Å². The lowest BCUT2D eigenvalue weighted by Crippen LogP contribution is -2.73. The molecule has 0 radical (unpaired) electrons. The van der Waals surface area contributed by atoms with Gasteiger partial charge in [0.25, 0.3) is 0 Å². The van der Waals surface area contributed by atoms with E-state index in [9.17, 15) is 70.2 Å². The zero-order chi connectivity index (χ0) is 23.4. The third-order valence-electron chi connectivity index (χ3n) is 3.28. The maximum atomic E-state index is 13.2. The van der Waals surface area contributed by atoms with Crippen LogP contribution in [0.15, 0.2) is 0 Å². The molecule has 170 valence electrons. The maximum absolute atomic E-state index is 13.2. The van der Waals surface area contributed by atoms with Crippen LogP contribution in [0, 0.1) is 0 Å². The van der Waals surface area contributed by atoms with Gasteiger partial charge in [-0.1, -0.05) is 0 Å². The van der Waals surface area contributed by atoms with Crippen molar-refractivity contribution in [3.05, 3.63) is 0 Å². The molecule has 0 aromatic rings. The second kappa shape index (κ2) is 6.97. The molecule has 1 unspecified atom stereocenters. The predicted molar refractivity (Wildman–Crippen MR) is 56.9 cm³/mol. The van der Waals surface area contributed by atoms with Gasteiger partial charge in [0, 0.05) is 6.42 Å². The summed E-state index contributed by atoms with van der Waals surface area (Å²) >= 11 is 0. The van der Waals surface area contributed by atoms with Crippen LogP contribution in [0.25, 0.3) is 0 Å². The van der Waals surface area contributed by atoms with Crippen LogP contribution >= 0.6 is 0 Å². The third kappa shape index (κ3) is 3.46. The summed E-state index contributed by atoms with van der Waals surface area (Å²) in [5.74, 6) is -54.6. The molecule has 28 heavy (non-hydrogen) atoms. The van der Waals surface area contributed by atoms with E-state index in [1.54, 1.807) is 0 Å². The number of hydrogen-bond donors (Lipinski definition) is 1. The summed E-state index contributed by atoms with van der Waals surface area (Å²) in [6.45, 7) is 0.228. The fourth-order valence-corrected chi connectivity index (χ4v) is 1.67. The van der Waals surface area contributed by atoms with Crippen molar-refractivity contribution < 1.29 is 75.4 Å². The Morgan fingerprint density at radius 2 is 0.857 bits per heavy atom. The molecule has 0 amide bonds. The summed E-state index contributed by atoms with van der Waals surface area (Å²) in [6.07, 6.45) is -11.3. The fourth-order valence-electron chi connectivity index (χ4n) is 1.67. The molecular weight excluding hydrogens is 452 g/mol. The molecule has 1 nitrogen and oxygen atoms in total. The number of aliphatic hydroxyl groups excluding tert-OH is 1. The first-order valence-corrected chi connectivity index (χ1v) is 6.47. The Labute approximate surface area is 144 Å². The number of rotatable bonds is 9. The summed E-state index contributed by atoms with van der Waals surface area (Å²) in [7, 11) is 0. The number of halogens is 16. The van der Waals surface area contributed by atoms with Gasteiger partial charge in [0.05, 0.1) is 6.10 Å². The third-order valence-corrected chi connectivity index (χ3v) is 3.28. The van der Waals surface area contributed by atoms with Crippen LogP contribution < -0.4 is 0 Å². The molecule has 0 aromatic carbocycles. The Morgan fingerprint density at radius 3 is 1.14 bits per heavy atom. The van der Waals surface area contributed by atoms with E-state index in [-0.39, 0.29) is 6.92 Å². The first kappa shape index (κ1) is 26.8. The molecule has 0 aromatic heterocycles. The minimum atomic E-state index is -8.40. The van der Waals surface area contributed by atoms with E-state index < -0.39 is 60.4 Å². The standard InChI is InChI=1S/C11H8F16O/c1-3(28)2-5(14,15)7(18,19)9(22,23)11(26,27)10(24,25)8(20,21)6(16,17)4(12)13/h3-4,28H,2H2,1H3. The van der Waals surface area contributed by atoms with Crippen LogP contribution in [-0.4, -0.2) is 59.1 Å². The van der Waals surface area contributed by atoms with Gasteiger partial charge in [0.1, 0.15) is 0 Å². The minimum Gasteiger partial charge on any atom is -0.393 e. The van der Waals surface area contributed by atoms with Crippen LogP contribution in [0.4, 0.5) is 70.2 Å². The van der Waals surface area contributed by atoms with Crippen molar-refractivity contribution in [2.24, 2.45) is 0 Å². The number of aliphatic hydroxyl groups is 1. The van der Waals surface area contributed by atoms with Crippen molar-refractivity contribution in [1.82, 2.24) is 0 Å². The molecule has 0 spiro atoms. The zero-order valence-electron chi connectivity index (χ0n) is 12.9. The number of hydrogen-bond acceptors (Lipinski definition) is 1. The van der Waals surface area contributed by atoms with E-state index in [0.29, 0.717) is 0 Å². The molecule has 0 saturated heterocycles. The average molecular weight is 460 g/mol. The monoisotopic (exact) mass is 460 g/mol. The van der Waals surface area contributed by atoms with Crippen molar-refractivity contribution in [2.75, 3.05) is 0 Å². The molecule has 0 saturated carbocycles. The molecular formula is C11H8F16O. The van der Waals surface area contributed by atoms with E-state index in [1.807, 2.05) is 0 Å². The van der Waals surface area contributed by atoms with E-state index in [4.69, 9.17) is 5.11 Å². The van der Waals surface area contributed by atoms with Crippen molar-refractivity contribution in [1.29, 1.82) is 0 Å². The highest BCUT2D eigenvalue weighted by atomic mass is 19.4. The van der Waals surface area contributed by atoms with Crippen molar-refractivity contribution in [2.45, 2.75) is 67.3 Å². The molecule has 17 heteroatoms. The normalized spacial score (nSPS) is 17.2. The van der Waals surface area contributed by atoms with Gasteiger partial charge >= 0.3 is 47.9 Å². The minimum absolute atomic E-state index is 0.228. The first-order valence-electron chi connectivity index (χ1n) is 6.47. The van der Waals surface area contributed by atoms with Crippen LogP contribution in [-0.2, 0) is 0 Å². The lowest BCUT2D eigenvalue weighted by Gasteiger charge is -2.42. The molecule has 0 aliphatic rings. The molecule has 0 fully saturated rings. The molecule has 1 N–H and O–H groups in total. The van der Waals surface area contributed by atoms with Gasteiger partial charge in [-0.05, 0) is 6.92 Å². The van der Waals surface area contributed by atoms with Crippen molar-refractivity contribution >= 4 is 0 Å². The summed E-state index contributed by atoms with van der Waals surface area (Å²) < 4.78 is 206. The molecule has 0 aliphatic carbocycles. The highest BCUT2D eigenvalue weighted by Gasteiger charge is 2.93. The Morgan fingerprint density at radius 1 is 0.571 bits per heavy atom. The molecule has 0 bridgehead atoms. The molecule has 1 atom stereocenters. The van der Waals surface area contributed by atoms with E-state index >= 15 is 0 Å². The van der Waals surface area contributed by atoms with Crippen molar-refractivity contribution in [3.8, 4) is 0 Å². The Kier molecular flexibility index (Phi) is 6.68. The zero-order valence-corrected chi connectivity index (χ0v) is 12.9. The van der Waals surface area contributed by atoms with Gasteiger partial charge in [0.2, 0.25) is 0 Å². The summed E-state index contributed by atoms with van der Waals surface area (Å²) in [5, 5.41) is 8.48. The van der Waals surface area contributed by atoms with Crippen LogP contribution in [0.3, 0.4) is 0 Å². The van der Waals surface area contributed by atoms with Gasteiger partial charge in [0.15, 0.2) is 0 Å². The number of alkyl halides is 16. The molecule has 0 heterocycles. The fraction of sp³-hybridized carbons (Fsp3) is 1.00. The smallest absolute Gasteiger partial charge is 0.384 e. The topological polar surface area (TPSA) is 20.2 Å². The average Bonchev–Trinajstić information content (AvgIpc) is 2.44. The Balaban J connectivity index is 6.55. The second-order valence-electron chi connectivity index (χ2n) is 5.55. The SMILES string of the molecule is CC(O)CC(F)(F)C(F)(F)C(F)(F)C(F)(F)C(F)(F)C(F)(F)C(F)(F)C(F)F. The van der Waals surface area contributed by atoms with E-state index in [2.05, 4.69) is 0 Å². The molecule has 0 aliphatic heterocycles. The van der Waals surface area contributed by atoms with Gasteiger partial charge in [-0.2, -0.15) is 61.5 Å². The van der Waals surface area contributed by atoms with Gasteiger partial charge in [-0.15, -0.1) is 0 Å². The van der Waals surface area contributed by atoms with E-state index in [0.717, 1.165) is 0 Å². The lowest BCUT2D eigenvalue weighted by molar-refractivity contribution is -0.447. The quantitative estimate of drug-likeness (QED) is 0.453. The largest absolute Gasteiger partial charge is 0.393 e. The maximum Gasteiger partial charge on any atom is 0.384 e. The Hall–Kier alpha value is -1.16. The summed E-state index contributed by atoms with van der Waals surface area (Å²) in [5.41, 5.74) is 0. The Bertz CT molecular complexity index is 551. The second-order valence-corrected chi connectivity index (χ2v) is 5.55. The van der Waals surface area contributed by atoms with Gasteiger partial charge < -0.3 is 5.11 Å². The summed E-state index contributed by atoms with van der Waals surface area (Å²) in [6, 6.07) is 0. The van der Waals surface area contributed by atoms with Gasteiger partial charge in [-0.3, -0.25) is 0 Å². The molecule has 0 rings (SSSR count). The first-order chi connectivity index (χ1) is 11.9. The highest BCUT2D eigenvalue weighted by molar-refractivity contribution is 5.14. The predicted octanol–water partition coefficient (Wildman–Crippen LogP) is 5.47. The van der Waals surface area contributed by atoms with E-state index in [1.165, 1.54) is 0 Å². The van der Waals surface area contributed by atoms with Crippen LogP contribution in [0.5, 0.6) is 0 Å². The summed E-state index contributed by atoms with van der Waals surface area (Å²) in [4.78, 5) is 0. The van der Waals surface area contributed by atoms with Crippen LogP contribution in [0.2, 0.25) is 0 Å². The van der Waals surface area contributed by atoms with Crippen molar-refractivity contribution in [3.63, 3.8) is 0 Å². The van der Waals surface area contributed by atoms with Crippen LogP contribution in [0.1, 0.15) is 13.3 Å².